The molecule has 9 nitrogen and oxygen atoms in total. The molecule has 0 spiro atoms. The summed E-state index contributed by atoms with van der Waals surface area (Å²) in [5.41, 5.74) is 0. The molecule has 0 rings (SSSR count). The molecule has 92 heavy (non-hydrogen) atoms. The van der Waals surface area contributed by atoms with Gasteiger partial charge in [0.1, 0.15) is 19.8 Å². The highest BCUT2D eigenvalue weighted by atomic mass is 31.2. The maximum absolute atomic E-state index is 12.9. The summed E-state index contributed by atoms with van der Waals surface area (Å²) in [4.78, 5) is 36.0. The lowest BCUT2D eigenvalue weighted by molar-refractivity contribution is -0.870. The predicted octanol–water partition coefficient (Wildman–Crippen LogP) is 25.4. The highest BCUT2D eigenvalue weighted by Crippen LogP contribution is 2.43. The average Bonchev–Trinajstić information content (AvgIpc) is 2.14. The molecule has 0 aliphatic heterocycles. The molecular weight excluding hydrogens is 1160 g/mol. The third-order valence-electron chi connectivity index (χ3n) is 16.5. The van der Waals surface area contributed by atoms with Crippen molar-refractivity contribution in [2.75, 3.05) is 47.5 Å². The molecule has 2 atom stereocenters. The molecule has 0 fully saturated rings. The number of hydrogen-bond acceptors (Lipinski definition) is 7. The van der Waals surface area contributed by atoms with Crippen LogP contribution in [0.1, 0.15) is 335 Å². The highest BCUT2D eigenvalue weighted by Gasteiger charge is 2.27. The average molecular weight is 1300 g/mol. The number of ether oxygens (including phenoxy) is 2. The molecule has 0 radical (unpaired) electrons. The number of phosphoric acid groups is 1. The van der Waals surface area contributed by atoms with Gasteiger partial charge in [-0.25, -0.2) is 4.57 Å². The van der Waals surface area contributed by atoms with E-state index in [2.05, 4.69) is 135 Å². The molecule has 530 valence electrons. The summed E-state index contributed by atoms with van der Waals surface area (Å²) < 4.78 is 34.8. The van der Waals surface area contributed by atoms with Crippen molar-refractivity contribution in [3.8, 4) is 0 Å². The van der Waals surface area contributed by atoms with Crippen molar-refractivity contribution in [1.82, 2.24) is 0 Å². The van der Waals surface area contributed by atoms with E-state index in [4.69, 9.17) is 18.5 Å². The third kappa shape index (κ3) is 75.4. The second-order valence-corrected chi connectivity index (χ2v) is 28.1. The van der Waals surface area contributed by atoms with E-state index in [0.29, 0.717) is 17.4 Å². The Balaban J connectivity index is 4.03. The lowest BCUT2D eigenvalue weighted by atomic mass is 10.0. The van der Waals surface area contributed by atoms with Gasteiger partial charge in [-0.1, -0.05) is 334 Å². The van der Waals surface area contributed by atoms with Gasteiger partial charge in [0.2, 0.25) is 0 Å². The van der Waals surface area contributed by atoms with Crippen LogP contribution in [0.25, 0.3) is 0 Å². The SMILES string of the molecule is CC/C=C\C/C=C\C/C=C\C/C=C\C/C=C\C/C=C\C/C=C\C/C=C\C/C=C\CCCCCCCCCCCCCC(=O)OC(COC(=O)CCCCCCCCCCCCCCCCCCC/C=C\CCCCCCCCCC)COP(=O)(O)OCC[N+](C)(C)C. The number of nitrogens with zero attached hydrogens (tertiary/aromatic N) is 1. The van der Waals surface area contributed by atoms with Gasteiger partial charge in [-0.2, -0.15) is 0 Å². The van der Waals surface area contributed by atoms with Crippen LogP contribution in [0.5, 0.6) is 0 Å². The Morgan fingerprint density at radius 3 is 0.935 bits per heavy atom. The summed E-state index contributed by atoms with van der Waals surface area (Å²) in [5.74, 6) is -0.793. The van der Waals surface area contributed by atoms with Gasteiger partial charge >= 0.3 is 19.8 Å². The smallest absolute Gasteiger partial charge is 0.462 e. The summed E-state index contributed by atoms with van der Waals surface area (Å²) in [7, 11) is 1.48. The Hall–Kier alpha value is -3.59. The molecule has 0 aromatic heterocycles. The van der Waals surface area contributed by atoms with Gasteiger partial charge in [-0.05, 0) is 109 Å². The highest BCUT2D eigenvalue weighted by molar-refractivity contribution is 7.47. The van der Waals surface area contributed by atoms with Crippen LogP contribution in [0.2, 0.25) is 0 Å². The Morgan fingerprint density at radius 1 is 0.348 bits per heavy atom. The zero-order valence-electron chi connectivity index (χ0n) is 60.5. The second kappa shape index (κ2) is 71.7. The molecule has 0 aliphatic carbocycles. The van der Waals surface area contributed by atoms with E-state index in [0.717, 1.165) is 103 Å². The zero-order chi connectivity index (χ0) is 66.9. The number of phosphoric ester groups is 1. The normalized spacial score (nSPS) is 13.8. The molecular formula is C82H145NO8P+. The number of carbonyl (C=O) groups excluding carboxylic acids is 2. The van der Waals surface area contributed by atoms with Crippen LogP contribution in [-0.4, -0.2) is 74.9 Å². The first-order valence-corrected chi connectivity index (χ1v) is 39.8. The Bertz CT molecular complexity index is 1970. The molecule has 2 unspecified atom stereocenters. The number of rotatable bonds is 70. The fourth-order valence-electron chi connectivity index (χ4n) is 10.7. The number of unbranched alkanes of at least 4 members (excludes halogenated alkanes) is 36. The van der Waals surface area contributed by atoms with Crippen LogP contribution >= 0.6 is 7.82 Å². The number of hydrogen-bond donors (Lipinski definition) is 1. The monoisotopic (exact) mass is 1300 g/mol. The molecule has 10 heteroatoms. The van der Waals surface area contributed by atoms with Gasteiger partial charge in [0.15, 0.2) is 6.10 Å². The second-order valence-electron chi connectivity index (χ2n) is 26.7. The van der Waals surface area contributed by atoms with E-state index in [1.54, 1.807) is 0 Å². The maximum Gasteiger partial charge on any atom is 0.472 e. The molecule has 0 heterocycles. The van der Waals surface area contributed by atoms with Crippen molar-refractivity contribution in [3.63, 3.8) is 0 Å². The largest absolute Gasteiger partial charge is 0.472 e. The van der Waals surface area contributed by atoms with Crippen LogP contribution in [0, 0.1) is 0 Å². The molecule has 1 N–H and O–H groups in total. The number of carbonyl (C=O) groups is 2. The fourth-order valence-corrected chi connectivity index (χ4v) is 11.4. The molecule has 0 aromatic rings. The third-order valence-corrected chi connectivity index (χ3v) is 17.5. The fraction of sp³-hybridized carbons (Fsp3) is 0.732. The van der Waals surface area contributed by atoms with Crippen molar-refractivity contribution in [2.24, 2.45) is 0 Å². The van der Waals surface area contributed by atoms with Crippen molar-refractivity contribution in [1.29, 1.82) is 0 Å². The summed E-state index contributed by atoms with van der Waals surface area (Å²) in [6.45, 7) is 4.35. The predicted molar refractivity (Wildman–Crippen MR) is 399 cm³/mol. The van der Waals surface area contributed by atoms with Crippen LogP contribution in [0.4, 0.5) is 0 Å². The topological polar surface area (TPSA) is 108 Å². The number of allylic oxidation sites excluding steroid dienone is 20. The molecule has 0 aliphatic rings. The van der Waals surface area contributed by atoms with Crippen molar-refractivity contribution in [3.05, 3.63) is 122 Å². The molecule has 0 aromatic carbocycles. The molecule has 0 saturated heterocycles. The van der Waals surface area contributed by atoms with E-state index in [1.165, 1.54) is 199 Å². The summed E-state index contributed by atoms with van der Waals surface area (Å²) in [6.07, 6.45) is 103. The van der Waals surface area contributed by atoms with Crippen molar-refractivity contribution < 1.29 is 42.1 Å². The summed E-state index contributed by atoms with van der Waals surface area (Å²) in [6, 6.07) is 0. The number of quaternary nitrogens is 1. The lowest BCUT2D eigenvalue weighted by Gasteiger charge is -2.24. The van der Waals surface area contributed by atoms with E-state index < -0.39 is 26.5 Å². The van der Waals surface area contributed by atoms with Gasteiger partial charge in [-0.3, -0.25) is 18.6 Å². The Labute approximate surface area is 568 Å². The van der Waals surface area contributed by atoms with Crippen LogP contribution in [-0.2, 0) is 32.7 Å². The van der Waals surface area contributed by atoms with Gasteiger partial charge in [0.25, 0.3) is 0 Å². The Morgan fingerprint density at radius 2 is 0.620 bits per heavy atom. The van der Waals surface area contributed by atoms with Crippen LogP contribution < -0.4 is 0 Å². The molecule has 0 saturated carbocycles. The van der Waals surface area contributed by atoms with E-state index in [-0.39, 0.29) is 32.0 Å². The van der Waals surface area contributed by atoms with Gasteiger partial charge < -0.3 is 18.9 Å². The quantitative estimate of drug-likeness (QED) is 0.0211. The maximum atomic E-state index is 12.9. The lowest BCUT2D eigenvalue weighted by Crippen LogP contribution is -2.37. The van der Waals surface area contributed by atoms with Crippen molar-refractivity contribution in [2.45, 2.75) is 341 Å². The summed E-state index contributed by atoms with van der Waals surface area (Å²) >= 11 is 0. The first-order valence-electron chi connectivity index (χ1n) is 38.3. The van der Waals surface area contributed by atoms with E-state index >= 15 is 0 Å². The first-order chi connectivity index (χ1) is 45.0. The zero-order valence-corrected chi connectivity index (χ0v) is 61.4. The number of esters is 2. The van der Waals surface area contributed by atoms with Gasteiger partial charge in [0.05, 0.1) is 27.7 Å². The molecule has 0 amide bonds. The van der Waals surface area contributed by atoms with Gasteiger partial charge in [0, 0.05) is 12.8 Å². The first kappa shape index (κ1) is 88.4. The van der Waals surface area contributed by atoms with E-state index in [9.17, 15) is 19.0 Å². The summed E-state index contributed by atoms with van der Waals surface area (Å²) in [5, 5.41) is 0. The Kier molecular flexibility index (Phi) is 68.9. The van der Waals surface area contributed by atoms with Gasteiger partial charge in [-0.15, -0.1) is 0 Å². The minimum absolute atomic E-state index is 0.0278. The van der Waals surface area contributed by atoms with Crippen LogP contribution in [0.15, 0.2) is 122 Å². The minimum atomic E-state index is -4.40. The molecule has 0 bridgehead atoms. The number of likely N-dealkylation sites (N-methyl/N-ethyl adjacent to an activating group) is 1. The van der Waals surface area contributed by atoms with Crippen molar-refractivity contribution >= 4 is 19.8 Å². The van der Waals surface area contributed by atoms with E-state index in [1.807, 2.05) is 21.1 Å². The standard InChI is InChI=1S/C82H144NO8P/c1-6-8-10-12-14-16-18-20-22-24-26-28-30-32-34-36-37-38-39-40-41-42-43-44-45-47-49-51-53-55-57-59-61-63-65-67-69-71-73-75-82(85)91-80(79-90-92(86,87)89-77-76-83(3,4)5)78-88-81(84)74-72-70-68-66-64-62-60-58-56-54-52-50-48-46-35-33-31-29-27-25-23-21-19-17-15-13-11-9-7-2/h8,10,14,16,20,22,25-28,32,34,37-38,40-41,43-44,47,49,80H,6-7,9,11-13,15,17-19,21,23-24,29-31,33,35-36,39,42,45-46,48,50-79H2,1-5H3/p+1/b10-8-,16-14-,22-20-,27-25-,28-26-,34-32-,38-37-,41-40-,44-43-,49-47-. The van der Waals surface area contributed by atoms with Crippen LogP contribution in [0.3, 0.4) is 0 Å². The minimum Gasteiger partial charge on any atom is -0.462 e.